The summed E-state index contributed by atoms with van der Waals surface area (Å²) in [6, 6.07) is 11.6. The molecule has 7 heteroatoms. The van der Waals surface area contributed by atoms with E-state index in [-0.39, 0.29) is 11.7 Å². The van der Waals surface area contributed by atoms with Gasteiger partial charge in [0.25, 0.3) is 0 Å². The van der Waals surface area contributed by atoms with E-state index in [2.05, 4.69) is 0 Å². The van der Waals surface area contributed by atoms with Gasteiger partial charge in [-0.05, 0) is 48.9 Å². The molecule has 27 heavy (non-hydrogen) atoms. The number of hydrogen-bond acceptors (Lipinski definition) is 4. The maximum atomic E-state index is 13.1. The van der Waals surface area contributed by atoms with Crippen molar-refractivity contribution in [3.8, 4) is 5.75 Å². The average molecular weight is 390 g/mol. The summed E-state index contributed by atoms with van der Waals surface area (Å²) in [7, 11) is 0. The van der Waals surface area contributed by atoms with Crippen LogP contribution in [0.3, 0.4) is 0 Å². The molecule has 0 radical (unpaired) electrons. The number of ether oxygens (including phenoxy) is 1. The fourth-order valence-corrected chi connectivity index (χ4v) is 4.19. The number of nitrogens with zero attached hydrogens (tertiary/aromatic N) is 2. The van der Waals surface area contributed by atoms with Gasteiger partial charge in [0.1, 0.15) is 18.2 Å². The molecule has 5 nitrogen and oxygen atoms in total. The van der Waals surface area contributed by atoms with Gasteiger partial charge in [0, 0.05) is 25.6 Å². The maximum Gasteiger partial charge on any atom is 0.219 e. The third kappa shape index (κ3) is 4.80. The number of fused-ring (bicyclic) bond motifs is 1. The quantitative estimate of drug-likeness (QED) is 0.736. The van der Waals surface area contributed by atoms with Gasteiger partial charge < -0.3 is 14.2 Å². The van der Waals surface area contributed by atoms with Crippen LogP contribution in [0, 0.1) is 5.82 Å². The van der Waals surface area contributed by atoms with Gasteiger partial charge in [-0.1, -0.05) is 6.07 Å². The summed E-state index contributed by atoms with van der Waals surface area (Å²) in [6.45, 7) is 6.06. The zero-order valence-corrected chi connectivity index (χ0v) is 16.3. The molecule has 1 atom stereocenters. The van der Waals surface area contributed by atoms with Crippen LogP contribution in [0.1, 0.15) is 25.0 Å². The summed E-state index contributed by atoms with van der Waals surface area (Å²) >= 11 is -1.40. The topological polar surface area (TPSA) is 55.8 Å². The van der Waals surface area contributed by atoms with Crippen molar-refractivity contribution >= 4 is 17.3 Å². The predicted molar refractivity (Wildman–Crippen MR) is 102 cm³/mol. The van der Waals surface area contributed by atoms with Crippen LogP contribution in [0.2, 0.25) is 0 Å². The molecule has 0 bridgehead atoms. The molecule has 1 aliphatic rings. The van der Waals surface area contributed by atoms with Crippen LogP contribution >= 0.6 is 0 Å². The third-order valence-electron chi connectivity index (χ3n) is 4.52. The van der Waals surface area contributed by atoms with Crippen molar-refractivity contribution in [1.82, 2.24) is 9.21 Å². The molecule has 0 aliphatic carbocycles. The zero-order chi connectivity index (χ0) is 19.4. The fourth-order valence-electron chi connectivity index (χ4n) is 3.03. The fraction of sp³-hybridized carbons (Fsp3) is 0.350. The monoisotopic (exact) mass is 390 g/mol. The summed E-state index contributed by atoms with van der Waals surface area (Å²) in [5, 5.41) is 0. The molecule has 1 aliphatic heterocycles. The normalized spacial score (nSPS) is 15.4. The lowest BCUT2D eigenvalue weighted by atomic mass is 10.1. The lowest BCUT2D eigenvalue weighted by Gasteiger charge is -2.22. The van der Waals surface area contributed by atoms with Crippen molar-refractivity contribution in [2.45, 2.75) is 31.8 Å². The molecule has 0 aromatic heterocycles. The van der Waals surface area contributed by atoms with Gasteiger partial charge in [0.05, 0.1) is 24.5 Å². The van der Waals surface area contributed by atoms with Crippen molar-refractivity contribution in [2.24, 2.45) is 0 Å². The number of carbonyl (C=O) groups is 1. The third-order valence-corrected chi connectivity index (χ3v) is 5.98. The molecule has 0 N–H and O–H groups in total. The van der Waals surface area contributed by atoms with Gasteiger partial charge in [-0.2, -0.15) is 0 Å². The van der Waals surface area contributed by atoms with Crippen LogP contribution in [-0.2, 0) is 29.2 Å². The highest BCUT2D eigenvalue weighted by Gasteiger charge is 2.27. The molecular weight excluding hydrogens is 367 g/mol. The first kappa shape index (κ1) is 19.7. The van der Waals surface area contributed by atoms with E-state index in [1.54, 1.807) is 24.0 Å². The first-order valence-electron chi connectivity index (χ1n) is 8.90. The summed E-state index contributed by atoms with van der Waals surface area (Å²) in [4.78, 5) is 14.0. The number of carbonyl (C=O) groups excluding carboxylic acids is 1. The van der Waals surface area contributed by atoms with Gasteiger partial charge in [0.2, 0.25) is 5.91 Å². The Labute approximate surface area is 162 Å². The molecule has 2 aromatic rings. The van der Waals surface area contributed by atoms with E-state index in [9.17, 15) is 13.7 Å². The van der Waals surface area contributed by atoms with Crippen LogP contribution in [-0.4, -0.2) is 39.4 Å². The molecular formula is C20H23FN2O3S. The molecule has 0 spiro atoms. The smallest absolute Gasteiger partial charge is 0.219 e. The molecule has 1 amide bonds. The van der Waals surface area contributed by atoms with Crippen LogP contribution < -0.4 is 4.74 Å². The first-order valence-corrected chi connectivity index (χ1v) is 10.0. The highest BCUT2D eigenvalue weighted by atomic mass is 32.2. The Morgan fingerprint density at radius 2 is 2.04 bits per heavy atom. The van der Waals surface area contributed by atoms with Crippen LogP contribution in [0.25, 0.3) is 0 Å². The average Bonchev–Trinajstić information content (AvgIpc) is 2.87. The van der Waals surface area contributed by atoms with E-state index in [1.807, 2.05) is 29.4 Å². The molecule has 3 rings (SSSR count). The van der Waals surface area contributed by atoms with E-state index in [0.29, 0.717) is 37.7 Å². The van der Waals surface area contributed by atoms with Gasteiger partial charge in [-0.3, -0.25) is 4.79 Å². The Balaban J connectivity index is 1.79. The molecule has 1 unspecified atom stereocenters. The van der Waals surface area contributed by atoms with E-state index in [0.717, 1.165) is 16.9 Å². The summed E-state index contributed by atoms with van der Waals surface area (Å²) in [5.74, 6) is 0.446. The van der Waals surface area contributed by atoms with Gasteiger partial charge in [0.15, 0.2) is 4.90 Å². The van der Waals surface area contributed by atoms with Gasteiger partial charge >= 0.3 is 0 Å². The van der Waals surface area contributed by atoms with E-state index >= 15 is 0 Å². The lowest BCUT2D eigenvalue weighted by molar-refractivity contribution is -0.129. The zero-order valence-electron chi connectivity index (χ0n) is 15.5. The molecule has 0 saturated carbocycles. The van der Waals surface area contributed by atoms with Crippen LogP contribution in [0.4, 0.5) is 4.39 Å². The minimum absolute atomic E-state index is 0.0303. The Morgan fingerprint density at radius 3 is 2.70 bits per heavy atom. The summed E-state index contributed by atoms with van der Waals surface area (Å²) < 4.78 is 33.6. The SMILES string of the molecule is CCN(Cc1ccc2c(c1)CN([S+]([O-])c1ccc(F)cc1)CCO2)C(C)=O. The molecule has 0 fully saturated rings. The maximum absolute atomic E-state index is 13.1. The van der Waals surface area contributed by atoms with E-state index in [1.165, 1.54) is 12.1 Å². The van der Waals surface area contributed by atoms with Crippen molar-refractivity contribution in [3.63, 3.8) is 0 Å². The number of rotatable bonds is 5. The highest BCUT2D eigenvalue weighted by molar-refractivity contribution is 7.89. The predicted octanol–water partition coefficient (Wildman–Crippen LogP) is 3.11. The highest BCUT2D eigenvalue weighted by Crippen LogP contribution is 2.28. The standard InChI is InChI=1S/C20H23FN2O3S/c1-3-22(15(2)24)13-16-4-9-20-17(12-16)14-23(10-11-26-20)27(25)19-7-5-18(21)6-8-19/h4-9,12H,3,10-11,13-14H2,1-2H3. The molecule has 2 aromatic carbocycles. The number of amides is 1. The summed E-state index contributed by atoms with van der Waals surface area (Å²) in [5.41, 5.74) is 1.93. The largest absolute Gasteiger partial charge is 0.593 e. The van der Waals surface area contributed by atoms with E-state index in [4.69, 9.17) is 4.74 Å². The van der Waals surface area contributed by atoms with Crippen molar-refractivity contribution in [1.29, 1.82) is 0 Å². The number of hydrogen-bond donors (Lipinski definition) is 0. The molecule has 0 saturated heterocycles. The number of halogens is 1. The van der Waals surface area contributed by atoms with Crippen LogP contribution in [0.5, 0.6) is 5.75 Å². The second kappa shape index (κ2) is 8.73. The Bertz CT molecular complexity index is 800. The van der Waals surface area contributed by atoms with Crippen molar-refractivity contribution in [3.05, 3.63) is 59.4 Å². The summed E-state index contributed by atoms with van der Waals surface area (Å²) in [6.07, 6.45) is 0. The Kier molecular flexibility index (Phi) is 6.36. The minimum Gasteiger partial charge on any atom is -0.593 e. The molecule has 144 valence electrons. The first-order chi connectivity index (χ1) is 13.0. The van der Waals surface area contributed by atoms with Gasteiger partial charge in [-0.15, -0.1) is 4.31 Å². The second-order valence-corrected chi connectivity index (χ2v) is 7.88. The Morgan fingerprint density at radius 1 is 1.30 bits per heavy atom. The lowest BCUT2D eigenvalue weighted by Crippen LogP contribution is -2.32. The van der Waals surface area contributed by atoms with Crippen molar-refractivity contribution < 1.29 is 18.5 Å². The second-order valence-electron chi connectivity index (χ2n) is 6.39. The Hall–Kier alpha value is -2.09. The minimum atomic E-state index is -1.40. The van der Waals surface area contributed by atoms with Gasteiger partial charge in [-0.25, -0.2) is 4.39 Å². The van der Waals surface area contributed by atoms with E-state index < -0.39 is 11.4 Å². The van der Waals surface area contributed by atoms with Crippen LogP contribution in [0.15, 0.2) is 47.4 Å². The number of benzene rings is 2. The molecule has 1 heterocycles. The van der Waals surface area contributed by atoms with Crippen molar-refractivity contribution in [2.75, 3.05) is 19.7 Å².